The number of esters is 1. The number of methoxy groups -OCH3 is 1. The average Bonchev–Trinajstić information content (AvgIpc) is 3.62. The number of ether oxygens (including phenoxy) is 2. The normalized spacial score (nSPS) is 13.0. The molecular formula is C33H50N6O4S2Si2. The molecule has 1 aromatic carbocycles. The third-order valence-electron chi connectivity index (χ3n) is 8.39. The van der Waals surface area contributed by atoms with Gasteiger partial charge in [0.05, 0.1) is 17.3 Å². The van der Waals surface area contributed by atoms with Crippen molar-refractivity contribution in [3.8, 4) is 0 Å². The third kappa shape index (κ3) is 9.89. The van der Waals surface area contributed by atoms with E-state index in [1.54, 1.807) is 16.7 Å². The van der Waals surface area contributed by atoms with Crippen LogP contribution in [0.25, 0.3) is 10.2 Å². The van der Waals surface area contributed by atoms with Crippen molar-refractivity contribution in [2.75, 3.05) is 31.8 Å². The van der Waals surface area contributed by atoms with Gasteiger partial charge in [-0.2, -0.15) is 4.99 Å². The summed E-state index contributed by atoms with van der Waals surface area (Å²) in [5, 5.41) is 11.7. The molecule has 4 rings (SSSR count). The average molecular weight is 715 g/mol. The van der Waals surface area contributed by atoms with Crippen molar-refractivity contribution >= 4 is 72.0 Å². The first kappa shape index (κ1) is 37.1. The highest BCUT2D eigenvalue weighted by atomic mass is 32.1. The van der Waals surface area contributed by atoms with Crippen molar-refractivity contribution in [2.45, 2.75) is 91.1 Å². The van der Waals surface area contributed by atoms with E-state index in [1.165, 1.54) is 18.4 Å². The molecule has 0 fully saturated rings. The van der Waals surface area contributed by atoms with Crippen LogP contribution in [-0.2, 0) is 20.6 Å². The minimum absolute atomic E-state index is 0.167. The van der Waals surface area contributed by atoms with Crippen molar-refractivity contribution in [2.24, 2.45) is 4.99 Å². The zero-order valence-electron chi connectivity index (χ0n) is 29.5. The second-order valence-corrected chi connectivity index (χ2v) is 26.7. The molecule has 0 spiro atoms. The highest BCUT2D eigenvalue weighted by Crippen LogP contribution is 2.37. The van der Waals surface area contributed by atoms with E-state index in [2.05, 4.69) is 85.4 Å². The zero-order chi connectivity index (χ0) is 34.4. The number of carbonyl (C=O) groups excluding carboxylic acids is 1. The van der Waals surface area contributed by atoms with Crippen LogP contribution in [0.4, 0.5) is 16.8 Å². The molecule has 0 aliphatic heterocycles. The van der Waals surface area contributed by atoms with Gasteiger partial charge in [0.2, 0.25) is 0 Å². The largest absolute Gasteiger partial charge is 0.464 e. The molecule has 0 aliphatic rings. The molecule has 0 aliphatic carbocycles. The Balaban J connectivity index is 1.59. The van der Waals surface area contributed by atoms with Crippen molar-refractivity contribution in [3.05, 3.63) is 51.8 Å². The van der Waals surface area contributed by atoms with Crippen molar-refractivity contribution in [3.63, 3.8) is 0 Å². The van der Waals surface area contributed by atoms with Gasteiger partial charge in [-0.05, 0) is 67.7 Å². The van der Waals surface area contributed by atoms with Crippen LogP contribution >= 0.6 is 22.7 Å². The molecule has 47 heavy (non-hydrogen) atoms. The Kier molecular flexibility index (Phi) is 12.3. The first-order valence-corrected chi connectivity index (χ1v) is 24.4. The van der Waals surface area contributed by atoms with Crippen molar-refractivity contribution in [1.29, 1.82) is 0 Å². The number of thiazole rings is 2. The SMILES string of the molecule is COC(=O)c1csc(N(CCCCO[Si](C)(C)C(C)(C)C)c2cc(C)c(/N=c3\sc4ccccc4n3COCC[Si](C)(C)C)nn2)n1. The molecule has 0 bridgehead atoms. The lowest BCUT2D eigenvalue weighted by molar-refractivity contribution is 0.0595. The number of hydrogen-bond acceptors (Lipinski definition) is 11. The molecule has 4 aromatic rings. The van der Waals surface area contributed by atoms with Gasteiger partial charge in [0, 0.05) is 33.2 Å². The zero-order valence-corrected chi connectivity index (χ0v) is 33.2. The van der Waals surface area contributed by atoms with Crippen LogP contribution in [-0.4, -0.2) is 69.0 Å². The summed E-state index contributed by atoms with van der Waals surface area (Å²) in [6, 6.07) is 11.4. The van der Waals surface area contributed by atoms with Crippen LogP contribution in [0, 0.1) is 6.92 Å². The van der Waals surface area contributed by atoms with Crippen molar-refractivity contribution < 1.29 is 18.7 Å². The second-order valence-electron chi connectivity index (χ2n) is 14.4. The number of para-hydroxylation sites is 1. The summed E-state index contributed by atoms with van der Waals surface area (Å²) in [5.74, 6) is 0.734. The molecule has 256 valence electrons. The summed E-state index contributed by atoms with van der Waals surface area (Å²) in [7, 11) is -1.66. The van der Waals surface area contributed by atoms with E-state index >= 15 is 0 Å². The Morgan fingerprint density at radius 1 is 1.06 bits per heavy atom. The van der Waals surface area contributed by atoms with E-state index in [4.69, 9.17) is 18.9 Å². The summed E-state index contributed by atoms with van der Waals surface area (Å²) in [4.78, 5) is 24.6. The number of aromatic nitrogens is 4. The van der Waals surface area contributed by atoms with Crippen LogP contribution in [0.1, 0.15) is 49.7 Å². The molecule has 0 atom stereocenters. The van der Waals surface area contributed by atoms with Gasteiger partial charge in [-0.3, -0.25) is 4.57 Å². The van der Waals surface area contributed by atoms with Gasteiger partial charge in [0.1, 0.15) is 6.73 Å². The summed E-state index contributed by atoms with van der Waals surface area (Å²) in [5.41, 5.74) is 2.24. The maximum Gasteiger partial charge on any atom is 0.357 e. The van der Waals surface area contributed by atoms with E-state index in [9.17, 15) is 4.79 Å². The minimum Gasteiger partial charge on any atom is -0.464 e. The number of rotatable bonds is 15. The van der Waals surface area contributed by atoms with Crippen LogP contribution in [0.2, 0.25) is 43.8 Å². The number of benzene rings is 1. The van der Waals surface area contributed by atoms with Gasteiger partial charge in [-0.15, -0.1) is 21.5 Å². The number of unbranched alkanes of at least 4 members (excludes halogenated alkanes) is 1. The molecule has 3 aromatic heterocycles. The Labute approximate surface area is 289 Å². The Hall–Kier alpha value is -2.76. The molecular weight excluding hydrogens is 665 g/mol. The van der Waals surface area contributed by atoms with E-state index in [0.717, 1.165) is 46.1 Å². The lowest BCUT2D eigenvalue weighted by atomic mass is 10.2. The molecule has 0 saturated heterocycles. The lowest BCUT2D eigenvalue weighted by Gasteiger charge is -2.36. The lowest BCUT2D eigenvalue weighted by Crippen LogP contribution is -2.41. The molecule has 0 N–H and O–H groups in total. The van der Waals surface area contributed by atoms with Crippen molar-refractivity contribution in [1.82, 2.24) is 19.7 Å². The Bertz CT molecular complexity index is 1720. The molecule has 0 unspecified atom stereocenters. The van der Waals surface area contributed by atoms with Crippen LogP contribution in [0.15, 0.2) is 40.7 Å². The van der Waals surface area contributed by atoms with Gasteiger partial charge in [0.15, 0.2) is 35.6 Å². The van der Waals surface area contributed by atoms with Crippen LogP contribution in [0.3, 0.4) is 0 Å². The number of aryl methyl sites for hydroxylation is 1. The summed E-state index contributed by atoms with van der Waals surface area (Å²) < 4.78 is 20.7. The van der Waals surface area contributed by atoms with Gasteiger partial charge >= 0.3 is 5.97 Å². The minimum atomic E-state index is -1.82. The predicted octanol–water partition coefficient (Wildman–Crippen LogP) is 8.53. The van der Waals surface area contributed by atoms with E-state index in [-0.39, 0.29) is 10.7 Å². The highest BCUT2D eigenvalue weighted by molar-refractivity contribution is 7.16. The summed E-state index contributed by atoms with van der Waals surface area (Å²) in [6.45, 7) is 22.9. The summed E-state index contributed by atoms with van der Waals surface area (Å²) in [6.07, 6.45) is 1.75. The van der Waals surface area contributed by atoms with Crippen LogP contribution < -0.4 is 9.70 Å². The Morgan fingerprint density at radius 2 is 1.81 bits per heavy atom. The maximum atomic E-state index is 12.2. The van der Waals surface area contributed by atoms with E-state index < -0.39 is 22.4 Å². The number of hydrogen-bond donors (Lipinski definition) is 0. The topological polar surface area (TPSA) is 104 Å². The fraction of sp³-hybridized carbons (Fsp3) is 0.545. The third-order valence-corrected chi connectivity index (χ3v) is 16.6. The van der Waals surface area contributed by atoms with Gasteiger partial charge in [-0.25, -0.2) is 9.78 Å². The van der Waals surface area contributed by atoms with Gasteiger partial charge in [-0.1, -0.05) is 63.9 Å². The first-order valence-electron chi connectivity index (χ1n) is 16.1. The number of anilines is 2. The first-order chi connectivity index (χ1) is 22.1. The number of carbonyl (C=O) groups is 1. The standard InChI is InChI=1S/C33H50N6O4S2Si2/c1-24-21-28(38(31-34-25(22-44-31)30(40)41-5)17-13-14-18-43-47(9,10)33(2,3)4)36-37-29(24)35-32-39(23-42-19-20-46(6,7)8)26-15-11-12-16-27(26)45-32/h11-12,15-16,21-22H,13-14,17-20,23H2,1-10H3/b35-32-. The molecule has 0 radical (unpaired) electrons. The molecule has 0 amide bonds. The van der Waals surface area contributed by atoms with Gasteiger partial charge in [0.25, 0.3) is 0 Å². The molecule has 10 nitrogen and oxygen atoms in total. The van der Waals surface area contributed by atoms with Crippen LogP contribution in [0.5, 0.6) is 0 Å². The highest BCUT2D eigenvalue weighted by Gasteiger charge is 2.36. The smallest absolute Gasteiger partial charge is 0.357 e. The Morgan fingerprint density at radius 3 is 2.49 bits per heavy atom. The second kappa shape index (κ2) is 15.6. The quantitative estimate of drug-likeness (QED) is 0.0686. The maximum absolute atomic E-state index is 12.2. The molecule has 14 heteroatoms. The molecule has 0 saturated carbocycles. The fourth-order valence-electron chi connectivity index (χ4n) is 4.37. The monoisotopic (exact) mass is 714 g/mol. The number of fused-ring (bicyclic) bond motifs is 1. The summed E-state index contributed by atoms with van der Waals surface area (Å²) >= 11 is 2.99. The van der Waals surface area contributed by atoms with E-state index in [1.807, 2.05) is 30.0 Å². The fourth-order valence-corrected chi connectivity index (χ4v) is 8.07. The predicted molar refractivity (Wildman–Crippen MR) is 199 cm³/mol. The van der Waals surface area contributed by atoms with E-state index in [0.29, 0.717) is 36.6 Å². The van der Waals surface area contributed by atoms with Gasteiger partial charge < -0.3 is 18.8 Å². The molecule has 3 heterocycles. The number of nitrogens with zero attached hydrogens (tertiary/aromatic N) is 6.